The average molecular weight is 202 g/mol. The summed E-state index contributed by atoms with van der Waals surface area (Å²) >= 11 is 20.0. The van der Waals surface area contributed by atoms with E-state index in [0.717, 1.165) is 0 Å². The Balaban J connectivity index is 0. The Morgan fingerprint density at radius 2 is 0.857 bits per heavy atom. The normalized spacial score (nSPS) is 6.86. The molecule has 0 saturated heterocycles. The highest BCUT2D eigenvalue weighted by molar-refractivity contribution is 6.67. The van der Waals surface area contributed by atoms with Crippen molar-refractivity contribution < 1.29 is 0 Å². The Morgan fingerprint density at radius 3 is 0.857 bits per heavy atom. The van der Waals surface area contributed by atoms with Crippen LogP contribution in [0.5, 0.6) is 0 Å². The van der Waals surface area contributed by atoms with Crippen LogP contribution in [-0.2, 0) is 0 Å². The molecule has 0 radical (unpaired) electrons. The topological polar surface area (TPSA) is 0 Å². The van der Waals surface area contributed by atoms with Crippen LogP contribution in [0.1, 0.15) is 0 Å². The number of hydrogen-bond donors (Lipinski definition) is 0. The van der Waals surface area contributed by atoms with Gasteiger partial charge in [-0.3, -0.25) is 0 Å². The first-order valence-electron chi connectivity index (χ1n) is 1.01. The fourth-order valence-corrected chi connectivity index (χ4v) is 0. The molecule has 0 saturated carbocycles. The van der Waals surface area contributed by atoms with Crippen LogP contribution in [-0.4, -0.2) is 0 Å². The summed E-state index contributed by atoms with van der Waals surface area (Å²) < 4.78 is -0.198. The molecule has 0 aliphatic heterocycles. The van der Waals surface area contributed by atoms with Crippen molar-refractivity contribution in [3.05, 3.63) is 8.98 Å². The largest absolute Gasteiger partial charge is 0.147 e. The van der Waals surface area contributed by atoms with E-state index in [-0.39, 0.29) is 21.4 Å². The van der Waals surface area contributed by atoms with E-state index in [1.807, 2.05) is 0 Å². The lowest BCUT2D eigenvalue weighted by Gasteiger charge is -1.75. The van der Waals surface area contributed by atoms with Gasteiger partial charge in [-0.2, -0.15) is 0 Å². The lowest BCUT2D eigenvalue weighted by Crippen LogP contribution is -1.47. The van der Waals surface area contributed by atoms with Gasteiger partial charge >= 0.3 is 0 Å². The molecule has 0 aromatic rings. The zero-order valence-electron chi connectivity index (χ0n) is 2.92. The molecule has 0 aliphatic rings. The van der Waals surface area contributed by atoms with Crippen molar-refractivity contribution in [3.8, 4) is 0 Å². The Kier molecular flexibility index (Phi) is 8.41. The molecule has 0 unspecified atom stereocenters. The van der Waals surface area contributed by atoms with Gasteiger partial charge in [0.25, 0.3) is 0 Å². The van der Waals surface area contributed by atoms with Crippen molar-refractivity contribution in [2.45, 2.75) is 0 Å². The second-order valence-electron chi connectivity index (χ2n) is 0.521. The van der Waals surface area contributed by atoms with Crippen LogP contribution in [0.15, 0.2) is 8.98 Å². The molecule has 0 heterocycles. The van der Waals surface area contributed by atoms with Crippen molar-refractivity contribution in [1.29, 1.82) is 0 Å². The van der Waals surface area contributed by atoms with E-state index >= 15 is 0 Å². The second kappa shape index (κ2) is 5.33. The average Bonchev–Trinajstić information content (AvgIpc) is 1.36. The second-order valence-corrected chi connectivity index (χ2v) is 2.42. The molecule has 0 N–H and O–H groups in total. The molecule has 0 aromatic carbocycles. The van der Waals surface area contributed by atoms with Crippen molar-refractivity contribution in [1.82, 2.24) is 0 Å². The number of rotatable bonds is 0. The van der Waals surface area contributed by atoms with E-state index in [0.29, 0.717) is 0 Å². The highest BCUT2D eigenvalue weighted by Crippen LogP contribution is 2.20. The van der Waals surface area contributed by atoms with Crippen LogP contribution in [0.25, 0.3) is 0 Å². The van der Waals surface area contributed by atoms with Gasteiger partial charge in [-0.1, -0.05) is 46.4 Å². The fourth-order valence-electron chi connectivity index (χ4n) is 0. The first-order chi connectivity index (χ1) is 2.64. The molecule has 5 heteroatoms. The van der Waals surface area contributed by atoms with Crippen molar-refractivity contribution in [2.75, 3.05) is 0 Å². The molecule has 0 bridgehead atoms. The van der Waals surface area contributed by atoms with Crippen LogP contribution >= 0.6 is 58.8 Å². The molecule has 0 atom stereocenters. The van der Waals surface area contributed by atoms with Gasteiger partial charge in [0.05, 0.1) is 0 Å². The number of hydrogen-bond acceptors (Lipinski definition) is 0. The maximum atomic E-state index is 4.99. The van der Waals surface area contributed by atoms with E-state index in [1.165, 1.54) is 0 Å². The highest BCUT2D eigenvalue weighted by Gasteiger charge is 1.88. The minimum absolute atomic E-state index is 0. The molecular formula is C2HCl5. The zero-order chi connectivity index (χ0) is 5.15. The van der Waals surface area contributed by atoms with Crippen LogP contribution in [0.4, 0.5) is 0 Å². The summed E-state index contributed by atoms with van der Waals surface area (Å²) in [4.78, 5) is 0. The third-order valence-electron chi connectivity index (χ3n) is 0.143. The fraction of sp³-hybridized carbons (Fsp3) is 0. The summed E-state index contributed by atoms with van der Waals surface area (Å²) in [6.45, 7) is 0. The summed E-state index contributed by atoms with van der Waals surface area (Å²) in [5, 5.41) is 0. The maximum Gasteiger partial charge on any atom is 0.136 e. The Morgan fingerprint density at radius 1 is 0.714 bits per heavy atom. The van der Waals surface area contributed by atoms with Gasteiger partial charge in [0.2, 0.25) is 0 Å². The molecule has 0 amide bonds. The van der Waals surface area contributed by atoms with Crippen molar-refractivity contribution in [3.63, 3.8) is 0 Å². The Labute approximate surface area is 67.8 Å². The lowest BCUT2D eigenvalue weighted by molar-refractivity contribution is 2.25. The summed E-state index contributed by atoms with van der Waals surface area (Å²) in [5.41, 5.74) is 0. The zero-order valence-corrected chi connectivity index (χ0v) is 6.76. The SMILES string of the molecule is Cl.ClC(Cl)=C(Cl)Cl. The summed E-state index contributed by atoms with van der Waals surface area (Å²) in [6.07, 6.45) is 0. The van der Waals surface area contributed by atoms with E-state index < -0.39 is 0 Å². The molecular weight excluding hydrogens is 201 g/mol. The predicted octanol–water partition coefficient (Wildman–Crippen LogP) is 3.49. The molecule has 0 spiro atoms. The van der Waals surface area contributed by atoms with E-state index in [9.17, 15) is 0 Å². The first kappa shape index (κ1) is 11.0. The molecule has 0 aromatic heterocycles. The van der Waals surface area contributed by atoms with Crippen molar-refractivity contribution in [2.24, 2.45) is 0 Å². The molecule has 0 fully saturated rings. The van der Waals surface area contributed by atoms with Crippen LogP contribution < -0.4 is 0 Å². The van der Waals surface area contributed by atoms with Gasteiger partial charge in [-0.05, 0) is 0 Å². The van der Waals surface area contributed by atoms with E-state index in [1.54, 1.807) is 0 Å². The van der Waals surface area contributed by atoms with E-state index in [4.69, 9.17) is 46.4 Å². The minimum atomic E-state index is -0.0988. The highest BCUT2D eigenvalue weighted by atomic mass is 35.5. The van der Waals surface area contributed by atoms with Gasteiger partial charge < -0.3 is 0 Å². The van der Waals surface area contributed by atoms with Gasteiger partial charge in [-0.15, -0.1) is 12.4 Å². The quantitative estimate of drug-likeness (QED) is 0.564. The number of halogens is 5. The summed E-state index contributed by atoms with van der Waals surface area (Å²) in [7, 11) is 0. The van der Waals surface area contributed by atoms with Gasteiger partial charge in [-0.25, -0.2) is 0 Å². The standard InChI is InChI=1S/C2Cl4.ClH/c3-1(4)2(5)6;/h;1H. The lowest BCUT2D eigenvalue weighted by atomic mass is 11.2. The van der Waals surface area contributed by atoms with Gasteiger partial charge in [0, 0.05) is 0 Å². The van der Waals surface area contributed by atoms with Gasteiger partial charge in [0.1, 0.15) is 8.98 Å². The van der Waals surface area contributed by atoms with Gasteiger partial charge in [0.15, 0.2) is 0 Å². The monoisotopic (exact) mass is 200 g/mol. The predicted molar refractivity (Wildman–Crippen MR) is 37.7 cm³/mol. The molecule has 44 valence electrons. The van der Waals surface area contributed by atoms with Crippen LogP contribution in [0, 0.1) is 0 Å². The van der Waals surface area contributed by atoms with E-state index in [2.05, 4.69) is 0 Å². The molecule has 0 rings (SSSR count). The maximum absolute atomic E-state index is 4.99. The third kappa shape index (κ3) is 7.19. The van der Waals surface area contributed by atoms with Crippen LogP contribution in [0.2, 0.25) is 0 Å². The molecule has 0 aliphatic carbocycles. The molecule has 7 heavy (non-hydrogen) atoms. The summed E-state index contributed by atoms with van der Waals surface area (Å²) in [5.74, 6) is 0. The smallest absolute Gasteiger partial charge is 0.136 e. The van der Waals surface area contributed by atoms with Crippen molar-refractivity contribution >= 4 is 58.8 Å². The van der Waals surface area contributed by atoms with Crippen LogP contribution in [0.3, 0.4) is 0 Å². The molecule has 0 nitrogen and oxygen atoms in total. The Bertz CT molecular complexity index is 56.1. The third-order valence-corrected chi connectivity index (χ3v) is 1.29. The summed E-state index contributed by atoms with van der Waals surface area (Å²) in [6, 6.07) is 0. The first-order valence-corrected chi connectivity index (χ1v) is 2.52. The minimum Gasteiger partial charge on any atom is -0.147 e. The Hall–Kier alpha value is 1.19.